The van der Waals surface area contributed by atoms with Gasteiger partial charge in [0.2, 0.25) is 5.91 Å². The molecule has 0 spiro atoms. The summed E-state index contributed by atoms with van der Waals surface area (Å²) in [6.45, 7) is 10.7. The van der Waals surface area contributed by atoms with Gasteiger partial charge < -0.3 is 10.2 Å². The smallest absolute Gasteiger partial charge is 0.245 e. The number of hydrogen-bond acceptors (Lipinski definition) is 4. The van der Waals surface area contributed by atoms with Crippen molar-refractivity contribution in [3.8, 4) is 0 Å². The molecule has 1 aliphatic carbocycles. The molecule has 2 aliphatic heterocycles. The molecule has 0 saturated carbocycles. The normalized spacial score (nSPS) is 27.5. The van der Waals surface area contributed by atoms with Crippen molar-refractivity contribution in [3.05, 3.63) is 58.1 Å². The first kappa shape index (κ1) is 24.3. The number of halogens is 2. The molecule has 1 aromatic rings. The average molecular weight is 489 g/mol. The Labute approximate surface area is 207 Å². The van der Waals surface area contributed by atoms with Gasteiger partial charge in [-0.3, -0.25) is 15.1 Å². The van der Waals surface area contributed by atoms with Crippen molar-refractivity contribution in [2.24, 2.45) is 22.2 Å². The largest absolute Gasteiger partial charge is 0.361 e. The molecular weight excluding hydrogens is 455 g/mol. The van der Waals surface area contributed by atoms with Crippen molar-refractivity contribution in [1.29, 1.82) is 0 Å². The number of carbonyl (C=O) groups excluding carboxylic acids is 1. The van der Waals surface area contributed by atoms with Gasteiger partial charge in [0, 0.05) is 29.2 Å². The number of piperidine rings is 1. The molecule has 1 amide bonds. The number of amides is 1. The zero-order valence-electron chi connectivity index (χ0n) is 19.8. The van der Waals surface area contributed by atoms with Gasteiger partial charge in [-0.2, -0.15) is 0 Å². The van der Waals surface area contributed by atoms with Gasteiger partial charge >= 0.3 is 0 Å². The van der Waals surface area contributed by atoms with E-state index in [1.54, 1.807) is 0 Å². The molecule has 7 heteroatoms. The van der Waals surface area contributed by atoms with Gasteiger partial charge in [0.15, 0.2) is 0 Å². The van der Waals surface area contributed by atoms with E-state index in [0.717, 1.165) is 35.4 Å². The van der Waals surface area contributed by atoms with Crippen LogP contribution in [0.2, 0.25) is 5.02 Å². The molecular formula is C26H34Cl2N4O. The lowest BCUT2D eigenvalue weighted by molar-refractivity contribution is -0.137. The lowest BCUT2D eigenvalue weighted by Gasteiger charge is -2.46. The number of carbonyl (C=O) groups is 1. The molecule has 178 valence electrons. The second kappa shape index (κ2) is 9.81. The number of likely N-dealkylation sites (tertiary alicyclic amines) is 1. The quantitative estimate of drug-likeness (QED) is 0.631. The molecule has 4 rings (SSSR count). The molecule has 2 heterocycles. The minimum absolute atomic E-state index is 0.0334. The van der Waals surface area contributed by atoms with E-state index in [2.05, 4.69) is 61.5 Å². The van der Waals surface area contributed by atoms with Crippen molar-refractivity contribution >= 4 is 34.9 Å². The van der Waals surface area contributed by atoms with Gasteiger partial charge in [-0.1, -0.05) is 69.1 Å². The van der Waals surface area contributed by atoms with E-state index in [-0.39, 0.29) is 35.2 Å². The fourth-order valence-corrected chi connectivity index (χ4v) is 5.64. The highest BCUT2D eigenvalue weighted by molar-refractivity contribution is 6.31. The van der Waals surface area contributed by atoms with Crippen LogP contribution in [0.25, 0.3) is 0 Å². The predicted octanol–water partition coefficient (Wildman–Crippen LogP) is 4.93. The van der Waals surface area contributed by atoms with Gasteiger partial charge in [-0.25, -0.2) is 0 Å². The molecule has 1 saturated heterocycles. The number of nitrogens with zero attached hydrogens (tertiary/aromatic N) is 2. The van der Waals surface area contributed by atoms with Gasteiger partial charge in [0.05, 0.1) is 12.6 Å². The monoisotopic (exact) mass is 488 g/mol. The molecule has 5 nitrogen and oxygen atoms in total. The lowest BCUT2D eigenvalue weighted by Crippen LogP contribution is -2.58. The van der Waals surface area contributed by atoms with Gasteiger partial charge in [-0.15, -0.1) is 0 Å². The Bertz CT molecular complexity index is 967. The first-order valence-corrected chi connectivity index (χ1v) is 12.6. The van der Waals surface area contributed by atoms with E-state index in [1.807, 2.05) is 29.2 Å². The van der Waals surface area contributed by atoms with Crippen molar-refractivity contribution < 1.29 is 4.79 Å². The Kier molecular flexibility index (Phi) is 7.23. The molecule has 3 unspecified atom stereocenters. The summed E-state index contributed by atoms with van der Waals surface area (Å²) in [4.78, 5) is 20.4. The van der Waals surface area contributed by atoms with E-state index >= 15 is 0 Å². The summed E-state index contributed by atoms with van der Waals surface area (Å²) in [5.74, 6) is 1.60. The third kappa shape index (κ3) is 5.31. The van der Waals surface area contributed by atoms with Crippen molar-refractivity contribution in [2.75, 3.05) is 19.8 Å². The number of allylic oxidation sites excluding steroid dienone is 2. The third-order valence-electron chi connectivity index (χ3n) is 7.13. The van der Waals surface area contributed by atoms with E-state index in [4.69, 9.17) is 23.2 Å². The minimum atomic E-state index is -0.319. The molecule has 2 N–H and O–H groups in total. The van der Waals surface area contributed by atoms with E-state index < -0.39 is 0 Å². The van der Waals surface area contributed by atoms with Crippen LogP contribution in [0.5, 0.6) is 0 Å². The van der Waals surface area contributed by atoms with Crippen LogP contribution in [0.15, 0.2) is 52.5 Å². The number of hydrogen-bond donors (Lipinski definition) is 2. The topological polar surface area (TPSA) is 56.7 Å². The van der Waals surface area contributed by atoms with Crippen LogP contribution < -0.4 is 10.6 Å². The number of benzene rings is 1. The molecule has 33 heavy (non-hydrogen) atoms. The molecule has 4 atom stereocenters. The van der Waals surface area contributed by atoms with E-state index in [9.17, 15) is 4.79 Å². The Morgan fingerprint density at radius 3 is 2.64 bits per heavy atom. The second-order valence-electron chi connectivity index (χ2n) is 10.4. The maximum atomic E-state index is 13.7. The summed E-state index contributed by atoms with van der Waals surface area (Å²) in [6, 6.07) is 7.93. The van der Waals surface area contributed by atoms with Crippen LogP contribution >= 0.6 is 23.2 Å². The SMILES string of the molecule is CC(C)[C@@H](NC1=NCNC2C=C(Cl)C=CC12)C(=O)N1CCC(c2ccc(Cl)cc2)C(C)(C)C1. The number of aliphatic imine (C=N–C) groups is 1. The maximum Gasteiger partial charge on any atom is 0.245 e. The molecule has 3 aliphatic rings. The Balaban J connectivity index is 1.47. The first-order valence-electron chi connectivity index (χ1n) is 11.8. The highest BCUT2D eigenvalue weighted by atomic mass is 35.5. The number of rotatable bonds is 4. The Morgan fingerprint density at radius 2 is 1.97 bits per heavy atom. The van der Waals surface area contributed by atoms with E-state index in [0.29, 0.717) is 12.6 Å². The van der Waals surface area contributed by atoms with Crippen molar-refractivity contribution in [1.82, 2.24) is 15.5 Å². The van der Waals surface area contributed by atoms with E-state index in [1.165, 1.54) is 5.56 Å². The van der Waals surface area contributed by atoms with Crippen molar-refractivity contribution in [2.45, 2.75) is 52.1 Å². The summed E-state index contributed by atoms with van der Waals surface area (Å²) >= 11 is 12.3. The summed E-state index contributed by atoms with van der Waals surface area (Å²) in [6.07, 6.45) is 6.92. The number of fused-ring (bicyclic) bond motifs is 1. The minimum Gasteiger partial charge on any atom is -0.361 e. The summed E-state index contributed by atoms with van der Waals surface area (Å²) in [7, 11) is 0. The third-order valence-corrected chi connectivity index (χ3v) is 7.63. The Morgan fingerprint density at radius 1 is 1.24 bits per heavy atom. The standard InChI is InChI=1S/C26H34Cl2N4O/c1-16(2)23(31-24-20-10-9-19(28)13-22(20)29-15-30-24)25(33)32-12-11-21(26(3,4)14-32)17-5-7-18(27)8-6-17/h5-10,13,16,20-23,29H,11-12,14-15H2,1-4H3,(H,30,31)/t20?,21?,22?,23-/m1/s1. The van der Waals surface area contributed by atoms with Crippen LogP contribution in [-0.2, 0) is 4.79 Å². The molecule has 0 aromatic heterocycles. The fraction of sp³-hybridized carbons (Fsp3) is 0.538. The average Bonchev–Trinajstić information content (AvgIpc) is 2.76. The highest BCUT2D eigenvalue weighted by Gasteiger charge is 2.41. The van der Waals surface area contributed by atoms with Crippen LogP contribution in [0, 0.1) is 17.3 Å². The number of amidine groups is 1. The van der Waals surface area contributed by atoms with Crippen LogP contribution in [0.1, 0.15) is 45.6 Å². The predicted molar refractivity (Wildman–Crippen MR) is 137 cm³/mol. The maximum absolute atomic E-state index is 13.7. The summed E-state index contributed by atoms with van der Waals surface area (Å²) in [5.41, 5.74) is 1.26. The van der Waals surface area contributed by atoms with Crippen molar-refractivity contribution in [3.63, 3.8) is 0 Å². The zero-order chi connectivity index (χ0) is 23.8. The van der Waals surface area contributed by atoms with Crippen LogP contribution in [0.3, 0.4) is 0 Å². The molecule has 0 radical (unpaired) electrons. The van der Waals surface area contributed by atoms with Gasteiger partial charge in [-0.05, 0) is 53.5 Å². The molecule has 0 bridgehead atoms. The number of nitrogens with one attached hydrogen (secondary N) is 2. The zero-order valence-corrected chi connectivity index (χ0v) is 21.3. The first-order chi connectivity index (χ1) is 15.7. The fourth-order valence-electron chi connectivity index (χ4n) is 5.30. The second-order valence-corrected chi connectivity index (χ2v) is 11.2. The van der Waals surface area contributed by atoms with Crippen LogP contribution in [0.4, 0.5) is 0 Å². The highest BCUT2D eigenvalue weighted by Crippen LogP contribution is 2.42. The Hall–Kier alpha value is -1.82. The summed E-state index contributed by atoms with van der Waals surface area (Å²) in [5, 5.41) is 8.37. The summed E-state index contributed by atoms with van der Waals surface area (Å²) < 4.78 is 0. The van der Waals surface area contributed by atoms with Gasteiger partial charge in [0.1, 0.15) is 11.9 Å². The molecule has 1 fully saturated rings. The lowest BCUT2D eigenvalue weighted by atomic mass is 9.70. The van der Waals surface area contributed by atoms with Crippen LogP contribution in [-0.4, -0.2) is 48.5 Å². The molecule has 1 aromatic carbocycles. The van der Waals surface area contributed by atoms with Gasteiger partial charge in [0.25, 0.3) is 0 Å².